The van der Waals surface area contributed by atoms with Crippen LogP contribution in [0.25, 0.3) is 0 Å². The van der Waals surface area contributed by atoms with Crippen LogP contribution in [0.4, 0.5) is 13.2 Å². The maximum Gasteiger partial charge on any atom is 0.417 e. The Bertz CT molecular complexity index is 569. The molecule has 0 aromatic carbocycles. The molecule has 1 saturated heterocycles. The van der Waals surface area contributed by atoms with E-state index in [1.165, 1.54) is 0 Å². The first kappa shape index (κ1) is 21.0. The number of halogens is 5. The van der Waals surface area contributed by atoms with Crippen LogP contribution in [0, 0.1) is 0 Å². The Morgan fingerprint density at radius 3 is 2.67 bits per heavy atom. The van der Waals surface area contributed by atoms with Gasteiger partial charge in [0.05, 0.1) is 25.3 Å². The average Bonchev–Trinajstić information content (AvgIpc) is 2.52. The van der Waals surface area contributed by atoms with E-state index in [-0.39, 0.29) is 48.0 Å². The first-order chi connectivity index (χ1) is 10.9. The van der Waals surface area contributed by atoms with Gasteiger partial charge < -0.3 is 20.1 Å². The van der Waals surface area contributed by atoms with Crippen molar-refractivity contribution in [3.8, 4) is 5.88 Å². The van der Waals surface area contributed by atoms with Crippen molar-refractivity contribution in [3.05, 3.63) is 22.8 Å². The van der Waals surface area contributed by atoms with Gasteiger partial charge >= 0.3 is 6.18 Å². The second kappa shape index (κ2) is 9.47. The summed E-state index contributed by atoms with van der Waals surface area (Å²) in [5, 5.41) is -0.204. The van der Waals surface area contributed by atoms with E-state index in [1.807, 2.05) is 4.90 Å². The Kier molecular flexibility index (Phi) is 8.30. The lowest BCUT2D eigenvalue weighted by atomic mass is 10.3. The average molecular weight is 481 g/mol. The molecule has 136 valence electrons. The second-order valence-electron chi connectivity index (χ2n) is 4.70. The standard InChI is InChI=1S/C13H16ClF3N4O2.HI/c14-10-7-9(13(15,16)17)8-20-11(10)23-4-1-19-12(18)21-2-5-22-6-3-21;/h7-8H,1-6H2,(H2,18,19);1H. The summed E-state index contributed by atoms with van der Waals surface area (Å²) < 4.78 is 47.9. The molecule has 0 atom stereocenters. The van der Waals surface area contributed by atoms with Crippen molar-refractivity contribution in [1.82, 2.24) is 9.88 Å². The van der Waals surface area contributed by atoms with Gasteiger partial charge in [0, 0.05) is 19.3 Å². The number of guanidine groups is 1. The van der Waals surface area contributed by atoms with Crippen LogP contribution in [0.5, 0.6) is 5.88 Å². The Labute approximate surface area is 159 Å². The summed E-state index contributed by atoms with van der Waals surface area (Å²) >= 11 is 5.73. The SMILES string of the molecule is I.NC(=NCCOc1ncc(C(F)(F)F)cc1Cl)N1CCOCC1. The Hall–Kier alpha value is -1.01. The van der Waals surface area contributed by atoms with Crippen molar-refractivity contribution in [2.75, 3.05) is 39.5 Å². The highest BCUT2D eigenvalue weighted by molar-refractivity contribution is 14.0. The molecular formula is C13H17ClF3IN4O2. The lowest BCUT2D eigenvalue weighted by Gasteiger charge is -2.27. The molecule has 1 aliphatic heterocycles. The molecule has 2 rings (SSSR count). The summed E-state index contributed by atoms with van der Waals surface area (Å²) in [6, 6.07) is 0.773. The van der Waals surface area contributed by atoms with E-state index < -0.39 is 11.7 Å². The summed E-state index contributed by atoms with van der Waals surface area (Å²) in [6.45, 7) is 2.87. The van der Waals surface area contributed by atoms with Crippen LogP contribution in [0.3, 0.4) is 0 Å². The highest BCUT2D eigenvalue weighted by Gasteiger charge is 2.31. The lowest BCUT2D eigenvalue weighted by Crippen LogP contribution is -2.45. The van der Waals surface area contributed by atoms with Gasteiger partial charge in [0.25, 0.3) is 0 Å². The highest BCUT2D eigenvalue weighted by atomic mass is 127. The van der Waals surface area contributed by atoms with Crippen LogP contribution < -0.4 is 10.5 Å². The first-order valence-corrected chi connectivity index (χ1v) is 7.24. The fraction of sp³-hybridized carbons (Fsp3) is 0.538. The van der Waals surface area contributed by atoms with Crippen molar-refractivity contribution in [2.45, 2.75) is 6.18 Å². The van der Waals surface area contributed by atoms with E-state index in [0.717, 1.165) is 6.07 Å². The van der Waals surface area contributed by atoms with Crippen molar-refractivity contribution in [2.24, 2.45) is 10.7 Å². The van der Waals surface area contributed by atoms with E-state index in [9.17, 15) is 13.2 Å². The molecule has 0 unspecified atom stereocenters. The number of alkyl halides is 3. The number of pyridine rings is 1. The summed E-state index contributed by atoms with van der Waals surface area (Å²) in [7, 11) is 0. The van der Waals surface area contributed by atoms with Crippen molar-refractivity contribution < 1.29 is 22.6 Å². The van der Waals surface area contributed by atoms with E-state index in [0.29, 0.717) is 38.5 Å². The van der Waals surface area contributed by atoms with Crippen molar-refractivity contribution >= 4 is 41.5 Å². The maximum atomic E-state index is 12.5. The van der Waals surface area contributed by atoms with E-state index >= 15 is 0 Å². The second-order valence-corrected chi connectivity index (χ2v) is 5.10. The number of hydrogen-bond acceptors (Lipinski definition) is 4. The van der Waals surface area contributed by atoms with Crippen LogP contribution >= 0.6 is 35.6 Å². The quantitative estimate of drug-likeness (QED) is 0.310. The van der Waals surface area contributed by atoms with Crippen LogP contribution in [0.2, 0.25) is 5.02 Å². The van der Waals surface area contributed by atoms with Gasteiger partial charge in [-0.15, -0.1) is 24.0 Å². The smallest absolute Gasteiger partial charge is 0.417 e. The molecule has 1 fully saturated rings. The molecule has 24 heavy (non-hydrogen) atoms. The third kappa shape index (κ3) is 6.13. The summed E-state index contributed by atoms with van der Waals surface area (Å²) in [5.74, 6) is 0.309. The van der Waals surface area contributed by atoms with Gasteiger partial charge in [0.2, 0.25) is 5.88 Å². The molecule has 2 heterocycles. The van der Waals surface area contributed by atoms with Crippen LogP contribution in [-0.4, -0.2) is 55.3 Å². The van der Waals surface area contributed by atoms with E-state index in [1.54, 1.807) is 0 Å². The highest BCUT2D eigenvalue weighted by Crippen LogP contribution is 2.32. The molecule has 0 radical (unpaired) electrons. The molecule has 0 amide bonds. The molecule has 1 aromatic rings. The fourth-order valence-corrected chi connectivity index (χ4v) is 2.10. The predicted molar refractivity (Wildman–Crippen MR) is 94.0 cm³/mol. The Morgan fingerprint density at radius 1 is 1.42 bits per heavy atom. The van der Waals surface area contributed by atoms with Gasteiger partial charge in [-0.2, -0.15) is 13.2 Å². The van der Waals surface area contributed by atoms with Crippen molar-refractivity contribution in [1.29, 1.82) is 0 Å². The molecule has 0 saturated carbocycles. The number of rotatable bonds is 4. The number of hydrogen-bond donors (Lipinski definition) is 1. The van der Waals surface area contributed by atoms with Gasteiger partial charge in [-0.3, -0.25) is 0 Å². The predicted octanol–water partition coefficient (Wildman–Crippen LogP) is 2.40. The minimum atomic E-state index is -4.49. The van der Waals surface area contributed by atoms with Crippen molar-refractivity contribution in [3.63, 3.8) is 0 Å². The van der Waals surface area contributed by atoms with Crippen LogP contribution in [-0.2, 0) is 10.9 Å². The number of aliphatic imine (C=N–C) groups is 1. The molecule has 0 spiro atoms. The van der Waals surface area contributed by atoms with Crippen LogP contribution in [0.1, 0.15) is 5.56 Å². The Morgan fingerprint density at radius 2 is 2.08 bits per heavy atom. The molecule has 11 heteroatoms. The van der Waals surface area contributed by atoms with E-state index in [2.05, 4.69) is 9.98 Å². The normalized spacial score (nSPS) is 15.8. The van der Waals surface area contributed by atoms with Gasteiger partial charge in [-0.25, -0.2) is 9.98 Å². The number of nitrogens with zero attached hydrogens (tertiary/aromatic N) is 3. The summed E-state index contributed by atoms with van der Waals surface area (Å²) in [4.78, 5) is 9.59. The third-order valence-electron chi connectivity index (χ3n) is 3.07. The van der Waals surface area contributed by atoms with Crippen LogP contribution in [0.15, 0.2) is 17.3 Å². The monoisotopic (exact) mass is 480 g/mol. The van der Waals surface area contributed by atoms with Gasteiger partial charge in [0.15, 0.2) is 5.96 Å². The zero-order chi connectivity index (χ0) is 16.9. The largest absolute Gasteiger partial charge is 0.475 e. The van der Waals surface area contributed by atoms with Gasteiger partial charge in [-0.05, 0) is 6.07 Å². The van der Waals surface area contributed by atoms with Gasteiger partial charge in [0.1, 0.15) is 11.6 Å². The maximum absolute atomic E-state index is 12.5. The van der Waals surface area contributed by atoms with E-state index in [4.69, 9.17) is 26.8 Å². The zero-order valence-electron chi connectivity index (χ0n) is 12.6. The number of ether oxygens (including phenoxy) is 2. The van der Waals surface area contributed by atoms with Gasteiger partial charge in [-0.1, -0.05) is 11.6 Å². The number of nitrogens with two attached hydrogens (primary N) is 1. The number of morpholine rings is 1. The topological polar surface area (TPSA) is 73.0 Å². The zero-order valence-corrected chi connectivity index (χ0v) is 15.6. The minimum absolute atomic E-state index is 0. The Balaban J connectivity index is 0.00000288. The molecule has 2 N–H and O–H groups in total. The molecule has 1 aromatic heterocycles. The first-order valence-electron chi connectivity index (χ1n) is 6.86. The summed E-state index contributed by atoms with van der Waals surface area (Å²) in [6.07, 6.45) is -3.82. The minimum Gasteiger partial charge on any atom is -0.475 e. The molecule has 6 nitrogen and oxygen atoms in total. The molecule has 1 aliphatic rings. The fourth-order valence-electron chi connectivity index (χ4n) is 1.88. The summed E-state index contributed by atoms with van der Waals surface area (Å²) in [5.41, 5.74) is 4.90. The third-order valence-corrected chi connectivity index (χ3v) is 3.34. The lowest BCUT2D eigenvalue weighted by molar-refractivity contribution is -0.137. The molecule has 0 aliphatic carbocycles. The molecular weight excluding hydrogens is 464 g/mol. The number of aromatic nitrogens is 1. The molecule has 0 bridgehead atoms.